The van der Waals surface area contributed by atoms with Gasteiger partial charge in [0.15, 0.2) is 0 Å². The quantitative estimate of drug-likeness (QED) is 0.782. The first kappa shape index (κ1) is 13.8. The van der Waals surface area contributed by atoms with Gasteiger partial charge in [-0.1, -0.05) is 19.3 Å². The molecule has 1 saturated carbocycles. The third-order valence-corrected chi connectivity index (χ3v) is 7.45. The fourth-order valence-corrected chi connectivity index (χ4v) is 5.77. The minimum atomic E-state index is -3.15. The van der Waals surface area contributed by atoms with Gasteiger partial charge in [-0.05, 0) is 43.9 Å². The van der Waals surface area contributed by atoms with Gasteiger partial charge in [0.1, 0.15) is 0 Å². The van der Waals surface area contributed by atoms with Gasteiger partial charge in [-0.25, -0.2) is 0 Å². The summed E-state index contributed by atoms with van der Waals surface area (Å²) >= 11 is 0. The molecule has 0 radical (unpaired) electrons. The van der Waals surface area contributed by atoms with Crippen molar-refractivity contribution in [3.8, 4) is 0 Å². The average molecular weight is 286 g/mol. The van der Waals surface area contributed by atoms with Crippen LogP contribution in [-0.4, -0.2) is 43.2 Å². The fourth-order valence-electron chi connectivity index (χ4n) is 4.08. The fraction of sp³-hybridized carbons (Fsp3) is 1.00. The van der Waals surface area contributed by atoms with E-state index in [0.717, 1.165) is 51.9 Å². The molecule has 0 aromatic rings. The molecule has 0 N–H and O–H groups in total. The largest absolute Gasteiger partial charge is 0.281 e. The number of hydrogen-bond donors (Lipinski definition) is 0. The van der Waals surface area contributed by atoms with E-state index in [4.69, 9.17) is 0 Å². The molecule has 1 spiro atoms. The topological polar surface area (TPSA) is 40.6 Å². The second-order valence-electron chi connectivity index (χ2n) is 6.57. The molecule has 2 aliphatic heterocycles. The van der Waals surface area contributed by atoms with E-state index in [1.807, 2.05) is 0 Å². The van der Waals surface area contributed by atoms with Crippen molar-refractivity contribution in [3.05, 3.63) is 0 Å². The SMILES string of the molecule is O=S(=O)(N1CCCC1)N1CCC2(CCCCC2)CC1. The highest BCUT2D eigenvalue weighted by molar-refractivity contribution is 7.86. The Kier molecular flexibility index (Phi) is 3.89. The second-order valence-corrected chi connectivity index (χ2v) is 8.50. The Hall–Kier alpha value is -0.130. The third-order valence-electron chi connectivity index (χ3n) is 5.41. The van der Waals surface area contributed by atoms with Crippen molar-refractivity contribution in [3.63, 3.8) is 0 Å². The van der Waals surface area contributed by atoms with E-state index >= 15 is 0 Å². The Morgan fingerprint density at radius 3 is 1.74 bits per heavy atom. The summed E-state index contributed by atoms with van der Waals surface area (Å²) in [6.07, 6.45) is 10.9. The van der Waals surface area contributed by atoms with Crippen LogP contribution in [0.4, 0.5) is 0 Å². The maximum Gasteiger partial charge on any atom is 0.281 e. The lowest BCUT2D eigenvalue weighted by molar-refractivity contribution is 0.0999. The molecule has 0 bridgehead atoms. The summed E-state index contributed by atoms with van der Waals surface area (Å²) in [5.41, 5.74) is 0.481. The molecule has 3 aliphatic rings. The zero-order valence-corrected chi connectivity index (χ0v) is 12.6. The molecule has 3 fully saturated rings. The molecule has 2 saturated heterocycles. The summed E-state index contributed by atoms with van der Waals surface area (Å²) in [7, 11) is -3.15. The van der Waals surface area contributed by atoms with Gasteiger partial charge >= 0.3 is 0 Å². The first-order valence-corrected chi connectivity index (χ1v) is 9.27. The average Bonchev–Trinajstić information content (AvgIpc) is 2.95. The molecule has 3 rings (SSSR count). The second kappa shape index (κ2) is 5.34. The molecule has 4 nitrogen and oxygen atoms in total. The van der Waals surface area contributed by atoms with Crippen LogP contribution in [0.25, 0.3) is 0 Å². The van der Waals surface area contributed by atoms with Crippen LogP contribution in [0.2, 0.25) is 0 Å². The number of rotatable bonds is 2. The van der Waals surface area contributed by atoms with E-state index < -0.39 is 10.2 Å². The summed E-state index contributed by atoms with van der Waals surface area (Å²) < 4.78 is 28.5. The van der Waals surface area contributed by atoms with Crippen LogP contribution in [0.5, 0.6) is 0 Å². The highest BCUT2D eigenvalue weighted by atomic mass is 32.2. The Morgan fingerprint density at radius 2 is 1.16 bits per heavy atom. The molecule has 0 aromatic heterocycles. The summed E-state index contributed by atoms with van der Waals surface area (Å²) in [5.74, 6) is 0. The number of hydrogen-bond acceptors (Lipinski definition) is 2. The van der Waals surface area contributed by atoms with Crippen LogP contribution in [0.15, 0.2) is 0 Å². The Morgan fingerprint density at radius 1 is 0.632 bits per heavy atom. The third kappa shape index (κ3) is 2.69. The van der Waals surface area contributed by atoms with Gasteiger partial charge in [0.25, 0.3) is 10.2 Å². The van der Waals surface area contributed by atoms with Crippen molar-refractivity contribution in [2.45, 2.75) is 57.8 Å². The van der Waals surface area contributed by atoms with Crippen molar-refractivity contribution < 1.29 is 8.42 Å². The zero-order chi connectivity index (χ0) is 13.3. The van der Waals surface area contributed by atoms with Crippen LogP contribution >= 0.6 is 0 Å². The van der Waals surface area contributed by atoms with Crippen LogP contribution in [-0.2, 0) is 10.2 Å². The Bertz CT molecular complexity index is 399. The van der Waals surface area contributed by atoms with Crippen molar-refractivity contribution in [2.75, 3.05) is 26.2 Å². The first-order valence-electron chi connectivity index (χ1n) is 7.88. The molecule has 19 heavy (non-hydrogen) atoms. The van der Waals surface area contributed by atoms with Gasteiger partial charge in [0.05, 0.1) is 0 Å². The molecule has 110 valence electrons. The first-order chi connectivity index (χ1) is 9.12. The van der Waals surface area contributed by atoms with Crippen molar-refractivity contribution >= 4 is 10.2 Å². The van der Waals surface area contributed by atoms with Crippen molar-refractivity contribution in [1.29, 1.82) is 0 Å². The maximum absolute atomic E-state index is 12.5. The number of nitrogens with zero attached hydrogens (tertiary/aromatic N) is 2. The van der Waals surface area contributed by atoms with Crippen molar-refractivity contribution in [2.24, 2.45) is 5.41 Å². The van der Waals surface area contributed by atoms with E-state index in [1.54, 1.807) is 8.61 Å². The lowest BCUT2D eigenvalue weighted by Crippen LogP contribution is -2.48. The highest BCUT2D eigenvalue weighted by Crippen LogP contribution is 2.45. The molecule has 0 aromatic carbocycles. The van der Waals surface area contributed by atoms with E-state index in [9.17, 15) is 8.42 Å². The predicted molar refractivity (Wildman–Crippen MR) is 76.1 cm³/mol. The van der Waals surface area contributed by atoms with E-state index in [1.165, 1.54) is 32.1 Å². The van der Waals surface area contributed by atoms with Gasteiger partial charge in [0, 0.05) is 26.2 Å². The Labute approximate surface area is 117 Å². The molecule has 5 heteroatoms. The van der Waals surface area contributed by atoms with E-state index in [0.29, 0.717) is 5.41 Å². The van der Waals surface area contributed by atoms with E-state index in [-0.39, 0.29) is 0 Å². The van der Waals surface area contributed by atoms with Crippen LogP contribution in [0.3, 0.4) is 0 Å². The molecule has 2 heterocycles. The minimum absolute atomic E-state index is 0.481. The molecule has 1 aliphatic carbocycles. The monoisotopic (exact) mass is 286 g/mol. The Balaban J connectivity index is 1.63. The van der Waals surface area contributed by atoms with Gasteiger partial charge in [-0.2, -0.15) is 17.0 Å². The molecule has 0 atom stereocenters. The van der Waals surface area contributed by atoms with Gasteiger partial charge in [-0.3, -0.25) is 0 Å². The summed E-state index contributed by atoms with van der Waals surface area (Å²) in [5, 5.41) is 0. The predicted octanol–water partition coefficient (Wildman–Crippen LogP) is 2.37. The minimum Gasteiger partial charge on any atom is -0.195 e. The van der Waals surface area contributed by atoms with Crippen LogP contribution in [0.1, 0.15) is 57.8 Å². The molecule has 0 unspecified atom stereocenters. The standard InChI is InChI=1S/C14H26N2O2S/c17-19(18,15-10-4-5-11-15)16-12-8-14(9-13-16)6-2-1-3-7-14/h1-13H2. The van der Waals surface area contributed by atoms with Crippen molar-refractivity contribution in [1.82, 2.24) is 8.61 Å². The lowest BCUT2D eigenvalue weighted by atomic mass is 9.68. The number of piperidine rings is 1. The smallest absolute Gasteiger partial charge is 0.195 e. The molecule has 0 amide bonds. The summed E-state index contributed by atoms with van der Waals surface area (Å²) in [4.78, 5) is 0. The summed E-state index contributed by atoms with van der Waals surface area (Å²) in [6.45, 7) is 2.95. The van der Waals surface area contributed by atoms with Gasteiger partial charge in [-0.15, -0.1) is 0 Å². The highest BCUT2D eigenvalue weighted by Gasteiger charge is 2.40. The lowest BCUT2D eigenvalue weighted by Gasteiger charge is -2.44. The van der Waals surface area contributed by atoms with Crippen LogP contribution < -0.4 is 0 Å². The summed E-state index contributed by atoms with van der Waals surface area (Å²) in [6, 6.07) is 0. The molecular weight excluding hydrogens is 260 g/mol. The molecular formula is C14H26N2O2S. The van der Waals surface area contributed by atoms with Crippen LogP contribution in [0, 0.1) is 5.41 Å². The van der Waals surface area contributed by atoms with Gasteiger partial charge < -0.3 is 0 Å². The normalized spacial score (nSPS) is 29.9. The van der Waals surface area contributed by atoms with Gasteiger partial charge in [0.2, 0.25) is 0 Å². The maximum atomic E-state index is 12.5. The van der Waals surface area contributed by atoms with E-state index in [2.05, 4.69) is 0 Å². The zero-order valence-electron chi connectivity index (χ0n) is 11.8.